The molecule has 1 amide bonds. The van der Waals surface area contributed by atoms with Crippen molar-refractivity contribution in [1.29, 1.82) is 0 Å². The number of hydrogen-bond acceptors (Lipinski definition) is 4. The van der Waals surface area contributed by atoms with Gasteiger partial charge in [-0.2, -0.15) is 0 Å². The number of benzene rings is 2. The quantitative estimate of drug-likeness (QED) is 0.783. The van der Waals surface area contributed by atoms with E-state index in [4.69, 9.17) is 4.74 Å². The van der Waals surface area contributed by atoms with Gasteiger partial charge in [0.25, 0.3) is 0 Å². The summed E-state index contributed by atoms with van der Waals surface area (Å²) in [6, 6.07) is 11.2. The van der Waals surface area contributed by atoms with Crippen LogP contribution in [0.25, 0.3) is 0 Å². The van der Waals surface area contributed by atoms with Gasteiger partial charge in [-0.15, -0.1) is 0 Å². The van der Waals surface area contributed by atoms with Crippen LogP contribution in [0.5, 0.6) is 5.75 Å². The molecule has 1 aliphatic heterocycles. The molecule has 1 atom stereocenters. The van der Waals surface area contributed by atoms with Crippen molar-refractivity contribution in [3.8, 4) is 5.75 Å². The first-order valence-electron chi connectivity index (χ1n) is 10.00. The zero-order valence-corrected chi connectivity index (χ0v) is 19.3. The third-order valence-corrected chi connectivity index (χ3v) is 6.41. The summed E-state index contributed by atoms with van der Waals surface area (Å²) >= 11 is 0. The van der Waals surface area contributed by atoms with E-state index in [-0.39, 0.29) is 18.5 Å². The predicted octanol–water partition coefficient (Wildman–Crippen LogP) is 3.80. The molecule has 0 radical (unpaired) electrons. The molecule has 6 nitrogen and oxygen atoms in total. The van der Waals surface area contributed by atoms with Crippen molar-refractivity contribution >= 4 is 21.6 Å². The molecule has 0 saturated heterocycles. The number of sulfonamides is 1. The Balaban J connectivity index is 1.88. The fourth-order valence-corrected chi connectivity index (χ4v) is 4.75. The normalized spacial score (nSPS) is 17.6. The van der Waals surface area contributed by atoms with Crippen molar-refractivity contribution in [2.45, 2.75) is 52.7 Å². The maximum Gasteiger partial charge on any atom is 0.241 e. The number of carbonyl (C=O) groups is 1. The van der Waals surface area contributed by atoms with E-state index in [2.05, 4.69) is 5.32 Å². The summed E-state index contributed by atoms with van der Waals surface area (Å²) in [5, 5.41) is 3.04. The molecule has 0 bridgehead atoms. The van der Waals surface area contributed by atoms with E-state index in [0.717, 1.165) is 34.3 Å². The molecular formula is C23H30N2O4S. The average molecular weight is 431 g/mol. The van der Waals surface area contributed by atoms with E-state index in [1.165, 1.54) is 4.31 Å². The lowest BCUT2D eigenvalue weighted by atomic mass is 9.89. The number of aryl methyl sites for hydroxylation is 3. The fourth-order valence-electron chi connectivity index (χ4n) is 3.84. The van der Waals surface area contributed by atoms with Crippen LogP contribution in [0, 0.1) is 20.8 Å². The van der Waals surface area contributed by atoms with Gasteiger partial charge in [-0.25, -0.2) is 8.42 Å². The van der Waals surface area contributed by atoms with Gasteiger partial charge < -0.3 is 10.1 Å². The van der Waals surface area contributed by atoms with Crippen molar-refractivity contribution in [3.63, 3.8) is 0 Å². The summed E-state index contributed by atoms with van der Waals surface area (Å²) in [6.45, 7) is 9.41. The van der Waals surface area contributed by atoms with E-state index < -0.39 is 15.6 Å². The Morgan fingerprint density at radius 1 is 1.13 bits per heavy atom. The van der Waals surface area contributed by atoms with Crippen LogP contribution in [0.15, 0.2) is 36.4 Å². The van der Waals surface area contributed by atoms with Crippen LogP contribution in [0.4, 0.5) is 5.69 Å². The zero-order chi connectivity index (χ0) is 22.3. The Bertz CT molecular complexity index is 1080. The highest BCUT2D eigenvalue weighted by Crippen LogP contribution is 2.39. The molecule has 2 aromatic carbocycles. The number of fused-ring (bicyclic) bond motifs is 1. The number of carbonyl (C=O) groups excluding carboxylic acids is 1. The van der Waals surface area contributed by atoms with Gasteiger partial charge in [0, 0.05) is 12.0 Å². The highest BCUT2D eigenvalue weighted by molar-refractivity contribution is 7.92. The minimum absolute atomic E-state index is 0.254. The summed E-state index contributed by atoms with van der Waals surface area (Å²) in [5.74, 6) is 0.396. The molecule has 1 heterocycles. The molecule has 0 aromatic heterocycles. The maximum atomic E-state index is 13.0. The van der Waals surface area contributed by atoms with E-state index in [1.807, 2.05) is 65.0 Å². The van der Waals surface area contributed by atoms with Gasteiger partial charge >= 0.3 is 0 Å². The molecule has 0 saturated carbocycles. The fraction of sp³-hybridized carbons (Fsp3) is 0.435. The van der Waals surface area contributed by atoms with Gasteiger partial charge in [0.15, 0.2) is 0 Å². The monoisotopic (exact) mass is 430 g/mol. The Kier molecular flexibility index (Phi) is 5.87. The van der Waals surface area contributed by atoms with Crippen LogP contribution in [0.1, 0.15) is 48.6 Å². The molecule has 0 aliphatic carbocycles. The molecule has 162 valence electrons. The van der Waals surface area contributed by atoms with Crippen LogP contribution in [0.3, 0.4) is 0 Å². The molecule has 0 fully saturated rings. The van der Waals surface area contributed by atoms with E-state index >= 15 is 0 Å². The van der Waals surface area contributed by atoms with Crippen molar-refractivity contribution in [3.05, 3.63) is 58.7 Å². The summed E-state index contributed by atoms with van der Waals surface area (Å²) in [7, 11) is -3.64. The van der Waals surface area contributed by atoms with Crippen LogP contribution >= 0.6 is 0 Å². The molecule has 2 aromatic rings. The van der Waals surface area contributed by atoms with Crippen molar-refractivity contribution in [2.24, 2.45) is 0 Å². The Labute approximate surface area is 179 Å². The molecule has 1 unspecified atom stereocenters. The number of anilines is 1. The molecule has 1 N–H and O–H groups in total. The van der Waals surface area contributed by atoms with E-state index in [1.54, 1.807) is 6.07 Å². The maximum absolute atomic E-state index is 13.0. The highest BCUT2D eigenvalue weighted by Gasteiger charge is 2.35. The minimum atomic E-state index is -3.64. The van der Waals surface area contributed by atoms with Gasteiger partial charge in [0.2, 0.25) is 15.9 Å². The number of nitrogens with zero attached hydrogens (tertiary/aromatic N) is 1. The standard InChI is InChI=1S/C23H30N2O4S/c1-15-8-10-21-18(11-15)19(13-23(4,5)29-21)24-22(26)14-25(30(6,27)28)20-12-16(2)7-9-17(20)3/h7-12,19H,13-14H2,1-6H3,(H,24,26). The lowest BCUT2D eigenvalue weighted by Gasteiger charge is -2.38. The lowest BCUT2D eigenvalue weighted by Crippen LogP contribution is -2.45. The molecule has 3 rings (SSSR count). The Morgan fingerprint density at radius 3 is 2.43 bits per heavy atom. The number of nitrogens with one attached hydrogen (secondary N) is 1. The second-order valence-corrected chi connectivity index (χ2v) is 10.7. The largest absolute Gasteiger partial charge is 0.487 e. The first-order valence-corrected chi connectivity index (χ1v) is 11.8. The van der Waals surface area contributed by atoms with Crippen molar-refractivity contribution in [1.82, 2.24) is 5.32 Å². The number of hydrogen-bond donors (Lipinski definition) is 1. The third kappa shape index (κ3) is 4.95. The molecule has 1 aliphatic rings. The van der Waals surface area contributed by atoms with Gasteiger partial charge in [-0.1, -0.05) is 29.8 Å². The summed E-state index contributed by atoms with van der Waals surface area (Å²) in [6.07, 6.45) is 1.72. The molecular weight excluding hydrogens is 400 g/mol. The minimum Gasteiger partial charge on any atom is -0.487 e. The van der Waals surface area contributed by atoms with Crippen LogP contribution in [0.2, 0.25) is 0 Å². The summed E-state index contributed by atoms with van der Waals surface area (Å²) in [4.78, 5) is 13.0. The van der Waals surface area contributed by atoms with Crippen LogP contribution in [-0.2, 0) is 14.8 Å². The molecule has 0 spiro atoms. The average Bonchev–Trinajstić information content (AvgIpc) is 2.61. The van der Waals surface area contributed by atoms with E-state index in [0.29, 0.717) is 12.1 Å². The smallest absolute Gasteiger partial charge is 0.241 e. The lowest BCUT2D eigenvalue weighted by molar-refractivity contribution is -0.120. The molecule has 30 heavy (non-hydrogen) atoms. The first kappa shape index (κ1) is 22.2. The zero-order valence-electron chi connectivity index (χ0n) is 18.4. The molecule has 7 heteroatoms. The third-order valence-electron chi connectivity index (χ3n) is 5.28. The topological polar surface area (TPSA) is 75.7 Å². The van der Waals surface area contributed by atoms with Crippen LogP contribution < -0.4 is 14.4 Å². The van der Waals surface area contributed by atoms with Crippen LogP contribution in [-0.4, -0.2) is 32.7 Å². The summed E-state index contributed by atoms with van der Waals surface area (Å²) in [5.41, 5.74) is 3.80. The van der Waals surface area contributed by atoms with Gasteiger partial charge in [0.05, 0.1) is 18.0 Å². The van der Waals surface area contributed by atoms with Gasteiger partial charge in [-0.05, 0) is 57.9 Å². The Hall–Kier alpha value is -2.54. The first-order chi connectivity index (χ1) is 13.9. The van der Waals surface area contributed by atoms with Gasteiger partial charge in [0.1, 0.15) is 17.9 Å². The SMILES string of the molecule is Cc1ccc2c(c1)C(NC(=O)CN(c1cc(C)ccc1C)S(C)(=O)=O)CC(C)(C)O2. The Morgan fingerprint density at radius 2 is 1.77 bits per heavy atom. The van der Waals surface area contributed by atoms with Crippen molar-refractivity contribution < 1.29 is 17.9 Å². The van der Waals surface area contributed by atoms with E-state index in [9.17, 15) is 13.2 Å². The second kappa shape index (κ2) is 7.95. The number of rotatable bonds is 5. The second-order valence-electron chi connectivity index (χ2n) is 8.79. The predicted molar refractivity (Wildman–Crippen MR) is 119 cm³/mol. The number of ether oxygens (including phenoxy) is 1. The highest BCUT2D eigenvalue weighted by atomic mass is 32.2. The van der Waals surface area contributed by atoms with Gasteiger partial charge in [-0.3, -0.25) is 9.10 Å². The summed E-state index contributed by atoms with van der Waals surface area (Å²) < 4.78 is 32.2. The number of amides is 1. The van der Waals surface area contributed by atoms with Crippen molar-refractivity contribution in [2.75, 3.05) is 17.1 Å².